The molecule has 50 heavy (non-hydrogen) atoms. The zero-order valence-electron chi connectivity index (χ0n) is 29.8. The molecule has 1 heterocycles. The molecular weight excluding hydrogens is 650 g/mol. The molecule has 1 fully saturated rings. The number of primary amides is 1. The molecule has 1 aliphatic heterocycles. The molecule has 280 valence electrons. The van der Waals surface area contributed by atoms with Gasteiger partial charge in [-0.3, -0.25) is 29.7 Å². The van der Waals surface area contributed by atoms with Gasteiger partial charge in [-0.05, 0) is 37.2 Å². The molecular formula is C34H55N7O9. The van der Waals surface area contributed by atoms with Gasteiger partial charge in [0.1, 0.15) is 24.7 Å². The van der Waals surface area contributed by atoms with Gasteiger partial charge in [-0.25, -0.2) is 4.79 Å². The largest absolute Gasteiger partial charge is 0.425 e. The number of hydrogen-bond acceptors (Lipinski definition) is 10. The third kappa shape index (κ3) is 14.3. The van der Waals surface area contributed by atoms with E-state index in [1.807, 2.05) is 44.2 Å². The number of nitrogens with one attached hydrogen (secondary N) is 5. The standard InChI is InChI=1S/C34H55N7O9/c1-19(2)14-24(26(42)15-21(5)29(44)38-22(6)30(45)37-17-23-10-8-7-9-11-23)39-31(46)25(16-27(35)43)40-32(47)28(20(3)4)41-33(48)50-34(36)12-13-49-18-34/h7-11,19-22,24-26,28,42H,12-18,36H2,1-6H3,(H2,35,43)(H,37,45)(H,38,44)(H,39,46)(H,40,47)(H,41,48)/t21-,22+,24+,25+,26+,28+,34+/m1/s1. The Kier molecular flexibility index (Phi) is 16.6. The fourth-order valence-corrected chi connectivity index (χ4v) is 5.29. The lowest BCUT2D eigenvalue weighted by atomic mass is 9.92. The van der Waals surface area contributed by atoms with Crippen molar-refractivity contribution in [2.24, 2.45) is 29.2 Å². The summed E-state index contributed by atoms with van der Waals surface area (Å²) in [5.74, 6) is -4.51. The van der Waals surface area contributed by atoms with Crippen LogP contribution in [0.3, 0.4) is 0 Å². The Bertz CT molecular complexity index is 1310. The van der Waals surface area contributed by atoms with Gasteiger partial charge in [0.15, 0.2) is 5.72 Å². The van der Waals surface area contributed by atoms with Crippen molar-refractivity contribution >= 4 is 35.6 Å². The highest BCUT2D eigenvalue weighted by molar-refractivity contribution is 5.94. The lowest BCUT2D eigenvalue weighted by molar-refractivity contribution is -0.133. The Morgan fingerprint density at radius 2 is 1.54 bits per heavy atom. The number of aliphatic hydroxyl groups excluding tert-OH is 1. The van der Waals surface area contributed by atoms with Crippen molar-refractivity contribution in [1.29, 1.82) is 0 Å². The van der Waals surface area contributed by atoms with Gasteiger partial charge in [0.05, 0.1) is 25.2 Å². The first-order valence-corrected chi connectivity index (χ1v) is 17.0. The summed E-state index contributed by atoms with van der Waals surface area (Å²) in [6, 6.07) is 4.98. The number of aliphatic hydroxyl groups is 1. The Balaban J connectivity index is 2.04. The Morgan fingerprint density at radius 1 is 0.880 bits per heavy atom. The summed E-state index contributed by atoms with van der Waals surface area (Å²) in [6.45, 7) is 10.8. The molecule has 0 aromatic heterocycles. The molecule has 1 aromatic rings. The van der Waals surface area contributed by atoms with Crippen LogP contribution in [-0.4, -0.2) is 89.9 Å². The predicted molar refractivity (Wildman–Crippen MR) is 183 cm³/mol. The molecule has 1 saturated heterocycles. The van der Waals surface area contributed by atoms with E-state index in [0.717, 1.165) is 5.56 Å². The third-order valence-electron chi connectivity index (χ3n) is 8.19. The minimum absolute atomic E-state index is 0.00185. The van der Waals surface area contributed by atoms with E-state index >= 15 is 0 Å². The Hall–Kier alpha value is -4.28. The summed E-state index contributed by atoms with van der Waals surface area (Å²) in [5, 5.41) is 24.3. The van der Waals surface area contributed by atoms with E-state index in [0.29, 0.717) is 19.6 Å². The number of amides is 6. The highest BCUT2D eigenvalue weighted by atomic mass is 16.6. The van der Waals surface area contributed by atoms with Crippen LogP contribution in [0.5, 0.6) is 0 Å². The number of benzene rings is 1. The number of ether oxygens (including phenoxy) is 2. The number of nitrogens with two attached hydrogens (primary N) is 2. The van der Waals surface area contributed by atoms with E-state index in [1.165, 1.54) is 0 Å². The van der Waals surface area contributed by atoms with Crippen molar-refractivity contribution < 1.29 is 43.3 Å². The summed E-state index contributed by atoms with van der Waals surface area (Å²) in [7, 11) is 0. The lowest BCUT2D eigenvalue weighted by Crippen LogP contribution is -2.59. The quantitative estimate of drug-likeness (QED) is 0.0888. The van der Waals surface area contributed by atoms with Crippen LogP contribution >= 0.6 is 0 Å². The lowest BCUT2D eigenvalue weighted by Gasteiger charge is -2.30. The monoisotopic (exact) mass is 705 g/mol. The fourth-order valence-electron chi connectivity index (χ4n) is 5.29. The summed E-state index contributed by atoms with van der Waals surface area (Å²) in [5.41, 5.74) is 11.0. The van der Waals surface area contributed by atoms with Crippen LogP contribution < -0.4 is 38.1 Å². The normalized spacial score (nSPS) is 19.3. The molecule has 1 aromatic carbocycles. The highest BCUT2D eigenvalue weighted by Gasteiger charge is 2.37. The van der Waals surface area contributed by atoms with Crippen LogP contribution in [0.4, 0.5) is 4.79 Å². The molecule has 0 bridgehead atoms. The first-order chi connectivity index (χ1) is 23.4. The first-order valence-electron chi connectivity index (χ1n) is 17.0. The van der Waals surface area contributed by atoms with Crippen LogP contribution in [0.2, 0.25) is 0 Å². The molecule has 0 radical (unpaired) electrons. The predicted octanol–water partition coefficient (Wildman–Crippen LogP) is -0.0882. The summed E-state index contributed by atoms with van der Waals surface area (Å²) < 4.78 is 10.4. The highest BCUT2D eigenvalue weighted by Crippen LogP contribution is 2.18. The van der Waals surface area contributed by atoms with Gasteiger partial charge in [0, 0.05) is 18.9 Å². The third-order valence-corrected chi connectivity index (χ3v) is 8.19. The van der Waals surface area contributed by atoms with Crippen molar-refractivity contribution in [3.63, 3.8) is 0 Å². The number of carbonyl (C=O) groups excluding carboxylic acids is 6. The molecule has 10 N–H and O–H groups in total. The average Bonchev–Trinajstić information content (AvgIpc) is 3.46. The molecule has 0 aliphatic carbocycles. The minimum atomic E-state index is -1.44. The van der Waals surface area contributed by atoms with E-state index in [9.17, 15) is 33.9 Å². The van der Waals surface area contributed by atoms with E-state index in [4.69, 9.17) is 20.9 Å². The maximum absolute atomic E-state index is 13.5. The first kappa shape index (κ1) is 41.9. The number of rotatable bonds is 19. The maximum Gasteiger partial charge on any atom is 0.409 e. The molecule has 0 spiro atoms. The van der Waals surface area contributed by atoms with Crippen LogP contribution in [-0.2, 0) is 40.0 Å². The summed E-state index contributed by atoms with van der Waals surface area (Å²) >= 11 is 0. The van der Waals surface area contributed by atoms with E-state index in [1.54, 1.807) is 27.7 Å². The molecule has 0 unspecified atom stereocenters. The van der Waals surface area contributed by atoms with Gasteiger partial charge < -0.3 is 46.9 Å². The topological polar surface area (TPSA) is 253 Å². The second-order valence-electron chi connectivity index (χ2n) is 13.7. The van der Waals surface area contributed by atoms with Gasteiger partial charge in [-0.2, -0.15) is 0 Å². The van der Waals surface area contributed by atoms with E-state index in [2.05, 4.69) is 26.6 Å². The Labute approximate surface area is 293 Å². The zero-order valence-corrected chi connectivity index (χ0v) is 29.8. The van der Waals surface area contributed by atoms with Crippen molar-refractivity contribution in [3.05, 3.63) is 35.9 Å². The molecule has 6 amide bonds. The number of carbonyl (C=O) groups is 6. The summed E-state index contributed by atoms with van der Waals surface area (Å²) in [6.07, 6.45) is -2.23. The second-order valence-corrected chi connectivity index (χ2v) is 13.7. The van der Waals surface area contributed by atoms with Gasteiger partial charge in [0.25, 0.3) is 0 Å². The van der Waals surface area contributed by atoms with Crippen LogP contribution in [0.15, 0.2) is 30.3 Å². The SMILES string of the molecule is CC(C)C[C@H](NC(=O)[C@H](CC(N)=O)NC(=O)[C@@H](NC(=O)O[C@@]1(N)CCOC1)C(C)C)[C@@H](O)C[C@@H](C)C(=O)N[C@@H](C)C(=O)NCc1ccccc1. The molecule has 16 nitrogen and oxygen atoms in total. The van der Waals surface area contributed by atoms with E-state index in [-0.39, 0.29) is 31.3 Å². The van der Waals surface area contributed by atoms with Gasteiger partial charge >= 0.3 is 6.09 Å². The zero-order chi connectivity index (χ0) is 37.6. The van der Waals surface area contributed by atoms with Gasteiger partial charge in [0.2, 0.25) is 29.5 Å². The van der Waals surface area contributed by atoms with Gasteiger partial charge in [-0.1, -0.05) is 65.0 Å². The number of hydrogen-bond donors (Lipinski definition) is 8. The van der Waals surface area contributed by atoms with Crippen molar-refractivity contribution in [2.45, 2.75) is 110 Å². The molecule has 2 rings (SSSR count). The Morgan fingerprint density at radius 3 is 2.10 bits per heavy atom. The molecule has 0 saturated carbocycles. The number of alkyl carbamates (subject to hydrolysis) is 1. The second kappa shape index (κ2) is 19.8. The van der Waals surface area contributed by atoms with Crippen molar-refractivity contribution in [3.8, 4) is 0 Å². The molecule has 1 aliphatic rings. The van der Waals surface area contributed by atoms with E-state index < -0.39 is 84.0 Å². The molecule has 16 heteroatoms. The van der Waals surface area contributed by atoms with Crippen LogP contribution in [0, 0.1) is 17.8 Å². The van der Waals surface area contributed by atoms with Crippen molar-refractivity contribution in [2.75, 3.05) is 13.2 Å². The van der Waals surface area contributed by atoms with Gasteiger partial charge in [-0.15, -0.1) is 0 Å². The van der Waals surface area contributed by atoms with Crippen LogP contribution in [0.1, 0.15) is 72.8 Å². The average molecular weight is 706 g/mol. The maximum atomic E-state index is 13.5. The fraction of sp³-hybridized carbons (Fsp3) is 0.647. The summed E-state index contributed by atoms with van der Waals surface area (Å²) in [4.78, 5) is 76.8. The van der Waals surface area contributed by atoms with Crippen LogP contribution in [0.25, 0.3) is 0 Å². The molecule has 7 atom stereocenters. The smallest absolute Gasteiger partial charge is 0.409 e. The minimum Gasteiger partial charge on any atom is -0.425 e. The van der Waals surface area contributed by atoms with Crippen molar-refractivity contribution in [1.82, 2.24) is 26.6 Å².